The van der Waals surface area contributed by atoms with Crippen LogP contribution < -0.4 is 15.5 Å². The normalized spacial score (nSPS) is 16.8. The third-order valence-corrected chi connectivity index (χ3v) is 5.55. The van der Waals surface area contributed by atoms with Crippen molar-refractivity contribution in [1.82, 2.24) is 15.3 Å². The molecule has 1 aromatic carbocycles. The van der Waals surface area contributed by atoms with Crippen LogP contribution in [0.1, 0.15) is 63.8 Å². The predicted molar refractivity (Wildman–Crippen MR) is 128 cm³/mol. The Hall–Kier alpha value is -2.65. The van der Waals surface area contributed by atoms with E-state index >= 15 is 0 Å². The molecule has 6 nitrogen and oxygen atoms in total. The van der Waals surface area contributed by atoms with Gasteiger partial charge < -0.3 is 15.5 Å². The van der Waals surface area contributed by atoms with Gasteiger partial charge in [0, 0.05) is 43.1 Å². The molecule has 1 aliphatic rings. The molecule has 3 rings (SSSR count). The van der Waals surface area contributed by atoms with Gasteiger partial charge in [0.2, 0.25) is 5.95 Å². The summed E-state index contributed by atoms with van der Waals surface area (Å²) >= 11 is 0. The van der Waals surface area contributed by atoms with Gasteiger partial charge in [0.1, 0.15) is 5.82 Å². The lowest BCUT2D eigenvalue weighted by Gasteiger charge is -2.35. The molecule has 2 heterocycles. The minimum atomic E-state index is 0.277. The number of nitrogens with zero attached hydrogens (tertiary/aromatic N) is 4. The summed E-state index contributed by atoms with van der Waals surface area (Å²) in [5, 5.41) is 16.4. The fraction of sp³-hybridized carbons (Fsp3) is 0.560. The minimum absolute atomic E-state index is 0.277. The Labute approximate surface area is 187 Å². The van der Waals surface area contributed by atoms with Crippen LogP contribution in [-0.2, 0) is 6.42 Å². The van der Waals surface area contributed by atoms with Crippen LogP contribution in [-0.4, -0.2) is 35.6 Å². The Bertz CT molecular complexity index is 925. The largest absolute Gasteiger partial charge is 0.355 e. The molecule has 0 unspecified atom stereocenters. The smallest absolute Gasteiger partial charge is 0.229 e. The van der Waals surface area contributed by atoms with Crippen molar-refractivity contribution < 1.29 is 0 Å². The number of nitrogens with one attached hydrogen (secondary N) is 2. The highest BCUT2D eigenvalue weighted by Gasteiger charge is 2.23. The van der Waals surface area contributed by atoms with Crippen LogP contribution in [0.3, 0.4) is 0 Å². The molecule has 31 heavy (non-hydrogen) atoms. The summed E-state index contributed by atoms with van der Waals surface area (Å²) in [6.45, 7) is 13.9. The number of rotatable bonds is 7. The van der Waals surface area contributed by atoms with Crippen LogP contribution >= 0.6 is 0 Å². The van der Waals surface area contributed by atoms with E-state index in [1.807, 2.05) is 25.1 Å². The Balaban J connectivity index is 1.80. The fourth-order valence-electron chi connectivity index (χ4n) is 3.84. The Morgan fingerprint density at radius 2 is 2.03 bits per heavy atom. The van der Waals surface area contributed by atoms with E-state index in [-0.39, 0.29) is 5.41 Å². The molecule has 166 valence electrons. The molecule has 2 N–H and O–H groups in total. The summed E-state index contributed by atoms with van der Waals surface area (Å²) in [5.41, 5.74) is 3.80. The number of hydrogen-bond donors (Lipinski definition) is 2. The summed E-state index contributed by atoms with van der Waals surface area (Å²) in [6, 6.07) is 10.6. The Morgan fingerprint density at radius 3 is 2.74 bits per heavy atom. The van der Waals surface area contributed by atoms with Gasteiger partial charge in [-0.05, 0) is 49.3 Å². The van der Waals surface area contributed by atoms with E-state index in [1.54, 1.807) is 0 Å². The molecule has 0 radical (unpaired) electrons. The number of aryl methyl sites for hydroxylation is 2. The zero-order chi connectivity index (χ0) is 22.4. The first kappa shape index (κ1) is 23.0. The average Bonchev–Trinajstić information content (AvgIpc) is 2.73. The first-order chi connectivity index (χ1) is 14.8. The molecule has 2 aromatic rings. The van der Waals surface area contributed by atoms with Crippen molar-refractivity contribution in [1.29, 1.82) is 5.26 Å². The lowest BCUT2D eigenvalue weighted by molar-refractivity contribution is 0.328. The van der Waals surface area contributed by atoms with Gasteiger partial charge >= 0.3 is 0 Å². The molecule has 0 aliphatic carbocycles. The van der Waals surface area contributed by atoms with E-state index in [9.17, 15) is 5.26 Å². The van der Waals surface area contributed by atoms with Gasteiger partial charge in [0.05, 0.1) is 11.6 Å². The van der Waals surface area contributed by atoms with Crippen LogP contribution in [0.4, 0.5) is 17.5 Å². The first-order valence-electron chi connectivity index (χ1n) is 11.4. The molecule has 1 aliphatic heterocycles. The van der Waals surface area contributed by atoms with Gasteiger partial charge in [-0.15, -0.1) is 0 Å². The highest BCUT2D eigenvalue weighted by Crippen LogP contribution is 2.24. The van der Waals surface area contributed by atoms with Crippen molar-refractivity contribution in [2.24, 2.45) is 5.41 Å². The number of hydrogen-bond acceptors (Lipinski definition) is 6. The minimum Gasteiger partial charge on any atom is -0.355 e. The standard InChI is InChI=1S/C25H36N6/c1-6-8-20-14-23(31-12-7-9-22(16-31)27-17-25(3,4)5)30-24(28-20)29-21-11-10-18(2)19(13-21)15-26/h10-11,13-14,22,27H,6-9,12,16-17H2,1-5H3,(H,28,29,30)/t22-/m1/s1. The maximum absolute atomic E-state index is 9.33. The first-order valence-corrected chi connectivity index (χ1v) is 11.4. The molecule has 1 atom stereocenters. The van der Waals surface area contributed by atoms with Gasteiger partial charge in [0.25, 0.3) is 0 Å². The van der Waals surface area contributed by atoms with Gasteiger partial charge in [-0.1, -0.05) is 40.2 Å². The predicted octanol–water partition coefficient (Wildman–Crippen LogP) is 4.96. The van der Waals surface area contributed by atoms with Crippen molar-refractivity contribution in [2.45, 2.75) is 66.3 Å². The molecular weight excluding hydrogens is 384 g/mol. The second-order valence-corrected chi connectivity index (χ2v) is 9.78. The molecular formula is C25H36N6. The van der Waals surface area contributed by atoms with Crippen molar-refractivity contribution in [3.63, 3.8) is 0 Å². The monoisotopic (exact) mass is 420 g/mol. The molecule has 0 bridgehead atoms. The summed E-state index contributed by atoms with van der Waals surface area (Å²) in [4.78, 5) is 12.0. The lowest BCUT2D eigenvalue weighted by atomic mass is 9.95. The van der Waals surface area contributed by atoms with E-state index < -0.39 is 0 Å². The molecule has 0 amide bonds. The van der Waals surface area contributed by atoms with Crippen molar-refractivity contribution in [3.8, 4) is 6.07 Å². The van der Waals surface area contributed by atoms with Crippen LogP contribution in [0.25, 0.3) is 0 Å². The molecule has 6 heteroatoms. The zero-order valence-electron chi connectivity index (χ0n) is 19.6. The van der Waals surface area contributed by atoms with Crippen molar-refractivity contribution in [2.75, 3.05) is 29.9 Å². The maximum atomic E-state index is 9.33. The zero-order valence-corrected chi connectivity index (χ0v) is 19.6. The third-order valence-electron chi connectivity index (χ3n) is 5.55. The van der Waals surface area contributed by atoms with E-state index in [0.717, 1.165) is 61.7 Å². The van der Waals surface area contributed by atoms with Crippen LogP contribution in [0, 0.1) is 23.7 Å². The highest BCUT2D eigenvalue weighted by atomic mass is 15.2. The summed E-state index contributed by atoms with van der Waals surface area (Å²) in [6.07, 6.45) is 4.31. The quantitative estimate of drug-likeness (QED) is 0.659. The summed E-state index contributed by atoms with van der Waals surface area (Å²) in [7, 11) is 0. The van der Waals surface area contributed by atoms with Crippen LogP contribution in [0.2, 0.25) is 0 Å². The lowest BCUT2D eigenvalue weighted by Crippen LogP contribution is -2.48. The van der Waals surface area contributed by atoms with Crippen molar-refractivity contribution in [3.05, 3.63) is 41.1 Å². The number of piperidine rings is 1. The molecule has 1 fully saturated rings. The summed E-state index contributed by atoms with van der Waals surface area (Å²) < 4.78 is 0. The van der Waals surface area contributed by atoms with Crippen molar-refractivity contribution >= 4 is 17.5 Å². The summed E-state index contributed by atoms with van der Waals surface area (Å²) in [5.74, 6) is 1.58. The highest BCUT2D eigenvalue weighted by molar-refractivity contribution is 5.59. The second-order valence-electron chi connectivity index (χ2n) is 9.78. The van der Waals surface area contributed by atoms with E-state index in [1.165, 1.54) is 6.42 Å². The number of nitriles is 1. The number of aromatic nitrogens is 2. The Kier molecular flexibility index (Phi) is 7.50. The topological polar surface area (TPSA) is 76.9 Å². The van der Waals surface area contributed by atoms with E-state index in [0.29, 0.717) is 17.6 Å². The molecule has 0 spiro atoms. The van der Waals surface area contributed by atoms with E-state index in [2.05, 4.69) is 55.4 Å². The van der Waals surface area contributed by atoms with Gasteiger partial charge in [-0.2, -0.15) is 10.2 Å². The Morgan fingerprint density at radius 1 is 1.23 bits per heavy atom. The maximum Gasteiger partial charge on any atom is 0.229 e. The number of anilines is 3. The van der Waals surface area contributed by atoms with Gasteiger partial charge in [0.15, 0.2) is 0 Å². The number of benzene rings is 1. The molecule has 0 saturated carbocycles. The SMILES string of the molecule is CCCc1cc(N2CCC[C@@H](NCC(C)(C)C)C2)nc(Nc2ccc(C)c(C#N)c2)n1. The van der Waals surface area contributed by atoms with Crippen LogP contribution in [0.15, 0.2) is 24.3 Å². The van der Waals surface area contributed by atoms with E-state index in [4.69, 9.17) is 9.97 Å². The third kappa shape index (κ3) is 6.67. The molecule has 1 aromatic heterocycles. The van der Waals surface area contributed by atoms with Gasteiger partial charge in [-0.25, -0.2) is 4.98 Å². The van der Waals surface area contributed by atoms with Gasteiger partial charge in [-0.3, -0.25) is 0 Å². The second kappa shape index (κ2) is 10.1. The molecule has 1 saturated heterocycles. The average molecular weight is 421 g/mol. The van der Waals surface area contributed by atoms with Crippen LogP contribution in [0.5, 0.6) is 0 Å². The fourth-order valence-corrected chi connectivity index (χ4v) is 3.84.